The minimum atomic E-state index is -4.60. The minimum Gasteiger partial charge on any atom is -0.455 e. The Morgan fingerprint density at radius 1 is 1.09 bits per heavy atom. The normalized spacial score (nSPS) is 12.7. The van der Waals surface area contributed by atoms with E-state index in [1.54, 1.807) is 50.5 Å². The maximum absolute atomic E-state index is 13.4. The van der Waals surface area contributed by atoms with Crippen LogP contribution in [-0.2, 0) is 6.18 Å². The summed E-state index contributed by atoms with van der Waals surface area (Å²) in [4.78, 5) is 20.7. The average molecular weight is 439 g/mol. The number of alkyl halides is 3. The summed E-state index contributed by atoms with van der Waals surface area (Å²) < 4.78 is 46.3. The van der Waals surface area contributed by atoms with Gasteiger partial charge < -0.3 is 9.73 Å². The smallest absolute Gasteiger partial charge is 0.435 e. The van der Waals surface area contributed by atoms with Gasteiger partial charge in [0.1, 0.15) is 11.3 Å². The Labute approximate surface area is 182 Å². The minimum absolute atomic E-state index is 0.149. The third-order valence-electron chi connectivity index (χ3n) is 5.23. The van der Waals surface area contributed by atoms with Gasteiger partial charge in [-0.25, -0.2) is 4.98 Å². The standard InChI is InChI=1S/C24H20F3N3O2/c1-13-10-17(15(3)30-19-7-5-9-29-23(19)24(25,26)27)22-18(11-13)20(31)14(2)21(32-22)16-6-4-8-28-12-16/h4-12,15,30H,1-3H3. The van der Waals surface area contributed by atoms with Crippen LogP contribution in [0.25, 0.3) is 22.3 Å². The van der Waals surface area contributed by atoms with Crippen LogP contribution in [-0.4, -0.2) is 9.97 Å². The van der Waals surface area contributed by atoms with Crippen molar-refractivity contribution < 1.29 is 17.6 Å². The first-order valence-electron chi connectivity index (χ1n) is 9.94. The van der Waals surface area contributed by atoms with Gasteiger partial charge in [0.2, 0.25) is 0 Å². The van der Waals surface area contributed by atoms with Crippen LogP contribution in [0.4, 0.5) is 18.9 Å². The van der Waals surface area contributed by atoms with E-state index in [0.717, 1.165) is 11.8 Å². The highest BCUT2D eigenvalue weighted by Gasteiger charge is 2.35. The summed E-state index contributed by atoms with van der Waals surface area (Å²) in [5.74, 6) is 0.380. The second-order valence-corrected chi connectivity index (χ2v) is 7.62. The second-order valence-electron chi connectivity index (χ2n) is 7.62. The summed E-state index contributed by atoms with van der Waals surface area (Å²) in [5, 5.41) is 3.27. The van der Waals surface area contributed by atoms with E-state index in [4.69, 9.17) is 4.42 Å². The molecule has 3 heterocycles. The molecular formula is C24H20F3N3O2. The highest BCUT2D eigenvalue weighted by molar-refractivity contribution is 5.84. The van der Waals surface area contributed by atoms with Crippen LogP contribution in [0, 0.1) is 13.8 Å². The molecule has 4 rings (SSSR count). The highest BCUT2D eigenvalue weighted by atomic mass is 19.4. The number of nitrogens with zero attached hydrogens (tertiary/aromatic N) is 2. The largest absolute Gasteiger partial charge is 0.455 e. The Bertz CT molecular complexity index is 1350. The monoisotopic (exact) mass is 439 g/mol. The van der Waals surface area contributed by atoms with Gasteiger partial charge in [0.15, 0.2) is 11.1 Å². The molecule has 1 atom stereocenters. The number of nitrogens with one attached hydrogen (secondary N) is 1. The molecule has 0 saturated carbocycles. The number of rotatable bonds is 4. The van der Waals surface area contributed by atoms with E-state index < -0.39 is 17.9 Å². The average Bonchev–Trinajstić information content (AvgIpc) is 2.76. The predicted molar refractivity (Wildman–Crippen MR) is 116 cm³/mol. The van der Waals surface area contributed by atoms with Crippen LogP contribution in [0.3, 0.4) is 0 Å². The SMILES string of the molecule is Cc1cc(C(C)Nc2cccnc2C(F)(F)F)c2oc(-c3cccnc3)c(C)c(=O)c2c1. The van der Waals surface area contributed by atoms with Crippen LogP contribution in [0.1, 0.15) is 35.3 Å². The molecule has 0 aliphatic rings. The molecule has 1 unspecified atom stereocenters. The second kappa shape index (κ2) is 8.11. The number of pyridine rings is 2. The van der Waals surface area contributed by atoms with Crippen LogP contribution in [0.2, 0.25) is 0 Å². The van der Waals surface area contributed by atoms with Crippen molar-refractivity contribution in [3.05, 3.63) is 87.6 Å². The number of fused-ring (bicyclic) bond motifs is 1. The van der Waals surface area contributed by atoms with Crippen molar-refractivity contribution in [2.45, 2.75) is 33.0 Å². The number of aromatic nitrogens is 2. The summed E-state index contributed by atoms with van der Waals surface area (Å²) in [7, 11) is 0. The molecule has 0 spiro atoms. The molecular weight excluding hydrogens is 419 g/mol. The van der Waals surface area contributed by atoms with Crippen molar-refractivity contribution >= 4 is 16.7 Å². The van der Waals surface area contributed by atoms with Crippen LogP contribution < -0.4 is 10.7 Å². The van der Waals surface area contributed by atoms with E-state index in [2.05, 4.69) is 15.3 Å². The molecule has 0 radical (unpaired) electrons. The Morgan fingerprint density at radius 3 is 2.53 bits per heavy atom. The van der Waals surface area contributed by atoms with Gasteiger partial charge in [-0.15, -0.1) is 0 Å². The summed E-state index contributed by atoms with van der Waals surface area (Å²) in [5.41, 5.74) is 1.42. The van der Waals surface area contributed by atoms with Crippen molar-refractivity contribution in [2.75, 3.05) is 5.32 Å². The zero-order chi connectivity index (χ0) is 23.0. The van der Waals surface area contributed by atoms with E-state index in [0.29, 0.717) is 33.4 Å². The Balaban J connectivity index is 1.88. The van der Waals surface area contributed by atoms with E-state index in [9.17, 15) is 18.0 Å². The topological polar surface area (TPSA) is 68.0 Å². The fourth-order valence-corrected chi connectivity index (χ4v) is 3.72. The van der Waals surface area contributed by atoms with E-state index in [1.165, 1.54) is 12.1 Å². The molecule has 0 bridgehead atoms. The lowest BCUT2D eigenvalue weighted by Crippen LogP contribution is -2.16. The quantitative estimate of drug-likeness (QED) is 0.419. The molecule has 3 aromatic heterocycles. The zero-order valence-corrected chi connectivity index (χ0v) is 17.6. The Hall–Kier alpha value is -3.68. The maximum Gasteiger partial charge on any atom is 0.435 e. The van der Waals surface area contributed by atoms with E-state index in [1.807, 2.05) is 6.92 Å². The molecule has 0 amide bonds. The van der Waals surface area contributed by atoms with Gasteiger partial charge in [0.05, 0.1) is 17.1 Å². The van der Waals surface area contributed by atoms with Crippen LogP contribution >= 0.6 is 0 Å². The fourth-order valence-electron chi connectivity index (χ4n) is 3.72. The molecule has 4 aromatic rings. The van der Waals surface area contributed by atoms with Gasteiger partial charge in [-0.05, 0) is 56.7 Å². The van der Waals surface area contributed by atoms with Crippen LogP contribution in [0.15, 0.2) is 64.2 Å². The lowest BCUT2D eigenvalue weighted by atomic mass is 9.99. The molecule has 0 fully saturated rings. The molecule has 5 nitrogen and oxygen atoms in total. The molecule has 0 saturated heterocycles. The first-order valence-corrected chi connectivity index (χ1v) is 9.94. The third-order valence-corrected chi connectivity index (χ3v) is 5.23. The lowest BCUT2D eigenvalue weighted by molar-refractivity contribution is -0.140. The van der Waals surface area contributed by atoms with Crippen molar-refractivity contribution in [2.24, 2.45) is 0 Å². The van der Waals surface area contributed by atoms with Crippen molar-refractivity contribution in [3.8, 4) is 11.3 Å². The molecule has 0 aliphatic heterocycles. The Kier molecular flexibility index (Phi) is 5.46. The van der Waals surface area contributed by atoms with E-state index in [-0.39, 0.29) is 11.1 Å². The summed E-state index contributed by atoms with van der Waals surface area (Å²) >= 11 is 0. The number of aryl methyl sites for hydroxylation is 1. The highest BCUT2D eigenvalue weighted by Crippen LogP contribution is 2.36. The molecule has 1 aromatic carbocycles. The number of hydrogen-bond donors (Lipinski definition) is 1. The third kappa shape index (κ3) is 3.95. The number of benzene rings is 1. The first-order chi connectivity index (χ1) is 15.2. The molecule has 32 heavy (non-hydrogen) atoms. The van der Waals surface area contributed by atoms with Gasteiger partial charge >= 0.3 is 6.18 Å². The van der Waals surface area contributed by atoms with Gasteiger partial charge in [-0.1, -0.05) is 6.07 Å². The number of anilines is 1. The molecule has 8 heteroatoms. The van der Waals surface area contributed by atoms with Gasteiger partial charge in [0.25, 0.3) is 0 Å². The zero-order valence-electron chi connectivity index (χ0n) is 17.6. The first kappa shape index (κ1) is 21.5. The number of halogens is 3. The van der Waals surface area contributed by atoms with Crippen molar-refractivity contribution in [3.63, 3.8) is 0 Å². The summed E-state index contributed by atoms with van der Waals surface area (Å²) in [6.45, 7) is 5.22. The fraction of sp³-hybridized carbons (Fsp3) is 0.208. The van der Waals surface area contributed by atoms with Crippen LogP contribution in [0.5, 0.6) is 0 Å². The molecule has 1 N–H and O–H groups in total. The van der Waals surface area contributed by atoms with Gasteiger partial charge in [0, 0.05) is 35.3 Å². The summed E-state index contributed by atoms with van der Waals surface area (Å²) in [6, 6.07) is 9.20. The molecule has 0 aliphatic carbocycles. The predicted octanol–water partition coefficient (Wildman–Crippen LogP) is 6.06. The summed E-state index contributed by atoms with van der Waals surface area (Å²) in [6.07, 6.45) is -0.291. The number of hydrogen-bond acceptors (Lipinski definition) is 5. The van der Waals surface area contributed by atoms with Gasteiger partial charge in [-0.3, -0.25) is 9.78 Å². The lowest BCUT2D eigenvalue weighted by Gasteiger charge is -2.20. The van der Waals surface area contributed by atoms with Crippen molar-refractivity contribution in [1.82, 2.24) is 9.97 Å². The maximum atomic E-state index is 13.4. The Morgan fingerprint density at radius 2 is 1.84 bits per heavy atom. The molecule has 164 valence electrons. The van der Waals surface area contributed by atoms with Gasteiger partial charge in [-0.2, -0.15) is 13.2 Å². The van der Waals surface area contributed by atoms with E-state index >= 15 is 0 Å². The van der Waals surface area contributed by atoms with Crippen molar-refractivity contribution in [1.29, 1.82) is 0 Å².